The molecule has 0 saturated carbocycles. The first-order chi connectivity index (χ1) is 10.4. The summed E-state index contributed by atoms with van der Waals surface area (Å²) < 4.78 is 11.9. The topological polar surface area (TPSA) is 56.7 Å². The Bertz CT molecular complexity index is 366. The van der Waals surface area contributed by atoms with Crippen molar-refractivity contribution >= 4 is 40.7 Å². The van der Waals surface area contributed by atoms with Gasteiger partial charge in [0.1, 0.15) is 0 Å². The van der Waals surface area contributed by atoms with E-state index >= 15 is 0 Å². The number of nitrogens with zero attached hydrogens (tertiary/aromatic N) is 2. The highest BCUT2D eigenvalue weighted by molar-refractivity contribution is 14.0. The lowest BCUT2D eigenvalue weighted by Crippen LogP contribution is -2.41. The van der Waals surface area contributed by atoms with Gasteiger partial charge in [0, 0.05) is 40.9 Å². The van der Waals surface area contributed by atoms with Crippen molar-refractivity contribution in [3.05, 3.63) is 0 Å². The van der Waals surface area contributed by atoms with Crippen LogP contribution in [0.5, 0.6) is 0 Å². The maximum atomic E-state index is 12.0. The first-order valence-electron chi connectivity index (χ1n) is 8.56. The SMILES string of the molecule is CCNC(=NCCN1CCCCC1)NCCS(=O)C(C)(C)C.I. The van der Waals surface area contributed by atoms with Gasteiger partial charge in [0.2, 0.25) is 0 Å². The number of rotatable bonds is 7. The highest BCUT2D eigenvalue weighted by Gasteiger charge is 2.18. The number of guanidine groups is 1. The third-order valence-electron chi connectivity index (χ3n) is 3.74. The van der Waals surface area contributed by atoms with Crippen molar-refractivity contribution in [1.82, 2.24) is 15.5 Å². The van der Waals surface area contributed by atoms with Gasteiger partial charge in [-0.1, -0.05) is 6.42 Å². The van der Waals surface area contributed by atoms with Gasteiger partial charge >= 0.3 is 0 Å². The zero-order chi connectivity index (χ0) is 16.4. The standard InChI is InChI=1S/C16H34N4OS.HI/c1-5-17-15(19-10-14-22(21)16(2,3)4)18-9-13-20-11-7-6-8-12-20;/h5-14H2,1-4H3,(H2,17,18,19);1H. The van der Waals surface area contributed by atoms with E-state index in [-0.39, 0.29) is 28.7 Å². The lowest BCUT2D eigenvalue weighted by Gasteiger charge is -2.25. The summed E-state index contributed by atoms with van der Waals surface area (Å²) in [6.07, 6.45) is 4.01. The Morgan fingerprint density at radius 3 is 2.39 bits per heavy atom. The monoisotopic (exact) mass is 458 g/mol. The van der Waals surface area contributed by atoms with Crippen LogP contribution in [0, 0.1) is 0 Å². The van der Waals surface area contributed by atoms with Gasteiger partial charge < -0.3 is 15.5 Å². The van der Waals surface area contributed by atoms with Crippen LogP contribution in [0.1, 0.15) is 47.0 Å². The molecule has 1 atom stereocenters. The van der Waals surface area contributed by atoms with E-state index in [2.05, 4.69) is 27.4 Å². The first kappa shape index (κ1) is 23.1. The molecule has 1 rings (SSSR count). The molecule has 1 heterocycles. The fourth-order valence-electron chi connectivity index (χ4n) is 2.40. The molecule has 0 aliphatic carbocycles. The zero-order valence-corrected chi connectivity index (χ0v) is 18.3. The van der Waals surface area contributed by atoms with Gasteiger partial charge in [-0.2, -0.15) is 0 Å². The van der Waals surface area contributed by atoms with Crippen LogP contribution in [0.25, 0.3) is 0 Å². The van der Waals surface area contributed by atoms with Crippen LogP contribution in [-0.2, 0) is 10.8 Å². The molecule has 0 bridgehead atoms. The quantitative estimate of drug-likeness (QED) is 0.349. The Kier molecular flexibility index (Phi) is 12.5. The van der Waals surface area contributed by atoms with Gasteiger partial charge in [-0.25, -0.2) is 0 Å². The molecule has 5 nitrogen and oxygen atoms in total. The predicted octanol–water partition coefficient (Wildman–Crippen LogP) is 2.19. The van der Waals surface area contributed by atoms with Crippen LogP contribution in [0.2, 0.25) is 0 Å². The summed E-state index contributed by atoms with van der Waals surface area (Å²) >= 11 is 0. The van der Waals surface area contributed by atoms with E-state index in [1.165, 1.54) is 32.4 Å². The number of hydrogen-bond acceptors (Lipinski definition) is 3. The maximum Gasteiger partial charge on any atom is 0.191 e. The first-order valence-corrected chi connectivity index (χ1v) is 9.88. The average molecular weight is 458 g/mol. The van der Waals surface area contributed by atoms with Crippen molar-refractivity contribution in [2.24, 2.45) is 4.99 Å². The van der Waals surface area contributed by atoms with Crippen molar-refractivity contribution in [2.45, 2.75) is 51.7 Å². The molecule has 0 aromatic rings. The van der Waals surface area contributed by atoms with Crippen LogP contribution < -0.4 is 10.6 Å². The molecule has 0 aromatic carbocycles. The summed E-state index contributed by atoms with van der Waals surface area (Å²) in [6, 6.07) is 0. The molecule has 7 heteroatoms. The molecule has 0 amide bonds. The Hall–Kier alpha value is 0.110. The highest BCUT2D eigenvalue weighted by Crippen LogP contribution is 2.10. The Morgan fingerprint density at radius 2 is 1.83 bits per heavy atom. The molecule has 1 fully saturated rings. The number of piperidine rings is 1. The number of nitrogens with one attached hydrogen (secondary N) is 2. The number of aliphatic imine (C=N–C) groups is 1. The molecule has 1 aliphatic heterocycles. The average Bonchev–Trinajstić information content (AvgIpc) is 2.47. The molecule has 138 valence electrons. The van der Waals surface area contributed by atoms with Crippen LogP contribution >= 0.6 is 24.0 Å². The van der Waals surface area contributed by atoms with Crippen molar-refractivity contribution in [3.63, 3.8) is 0 Å². The number of hydrogen-bond donors (Lipinski definition) is 2. The minimum absolute atomic E-state index is 0. The molecule has 0 spiro atoms. The van der Waals surface area contributed by atoms with Gasteiger partial charge in [-0.05, 0) is 53.6 Å². The van der Waals surface area contributed by atoms with Crippen molar-refractivity contribution in [1.29, 1.82) is 0 Å². The van der Waals surface area contributed by atoms with Gasteiger partial charge in [-0.3, -0.25) is 9.20 Å². The van der Waals surface area contributed by atoms with E-state index < -0.39 is 10.8 Å². The van der Waals surface area contributed by atoms with Crippen LogP contribution in [-0.4, -0.2) is 64.8 Å². The van der Waals surface area contributed by atoms with Crippen molar-refractivity contribution < 1.29 is 4.21 Å². The lowest BCUT2D eigenvalue weighted by molar-refractivity contribution is 0.235. The van der Waals surface area contributed by atoms with E-state index in [0.29, 0.717) is 12.3 Å². The van der Waals surface area contributed by atoms with Crippen molar-refractivity contribution in [2.75, 3.05) is 45.0 Å². The molecule has 0 radical (unpaired) electrons. The number of halogens is 1. The summed E-state index contributed by atoms with van der Waals surface area (Å²) in [5.41, 5.74) is 0. The van der Waals surface area contributed by atoms with Gasteiger partial charge in [-0.15, -0.1) is 24.0 Å². The Labute approximate surface area is 161 Å². The van der Waals surface area contributed by atoms with Gasteiger partial charge in [0.05, 0.1) is 6.54 Å². The molecular formula is C16H35IN4OS. The third-order valence-corrected chi connectivity index (χ3v) is 5.68. The molecule has 23 heavy (non-hydrogen) atoms. The van der Waals surface area contributed by atoms with Crippen LogP contribution in [0.15, 0.2) is 4.99 Å². The van der Waals surface area contributed by atoms with Gasteiger partial charge in [0.25, 0.3) is 0 Å². The fourth-order valence-corrected chi connectivity index (χ4v) is 3.30. The van der Waals surface area contributed by atoms with E-state index in [9.17, 15) is 4.21 Å². The van der Waals surface area contributed by atoms with Gasteiger partial charge in [0.15, 0.2) is 5.96 Å². The summed E-state index contributed by atoms with van der Waals surface area (Å²) in [7, 11) is -0.821. The normalized spacial score (nSPS) is 18.2. The largest absolute Gasteiger partial charge is 0.357 e. The minimum atomic E-state index is -0.821. The van der Waals surface area contributed by atoms with E-state index in [1.54, 1.807) is 0 Å². The van der Waals surface area contributed by atoms with Crippen LogP contribution in [0.4, 0.5) is 0 Å². The minimum Gasteiger partial charge on any atom is -0.357 e. The summed E-state index contributed by atoms with van der Waals surface area (Å²) in [4.78, 5) is 7.11. The second-order valence-electron chi connectivity index (χ2n) is 6.75. The highest BCUT2D eigenvalue weighted by atomic mass is 127. The van der Waals surface area contributed by atoms with E-state index in [4.69, 9.17) is 0 Å². The van der Waals surface area contributed by atoms with Crippen LogP contribution in [0.3, 0.4) is 0 Å². The second-order valence-corrected chi connectivity index (χ2v) is 9.08. The molecule has 1 unspecified atom stereocenters. The predicted molar refractivity (Wildman–Crippen MR) is 112 cm³/mol. The summed E-state index contributed by atoms with van der Waals surface area (Å²) in [5, 5.41) is 6.54. The molecule has 2 N–H and O–H groups in total. The van der Waals surface area contributed by atoms with E-state index in [0.717, 1.165) is 25.6 Å². The smallest absolute Gasteiger partial charge is 0.191 e. The fraction of sp³-hybridized carbons (Fsp3) is 0.938. The molecule has 0 aromatic heterocycles. The molecule has 1 saturated heterocycles. The van der Waals surface area contributed by atoms with Crippen molar-refractivity contribution in [3.8, 4) is 0 Å². The summed E-state index contributed by atoms with van der Waals surface area (Å²) in [6.45, 7) is 13.9. The summed E-state index contributed by atoms with van der Waals surface area (Å²) in [5.74, 6) is 1.49. The Balaban J connectivity index is 0.00000484. The maximum absolute atomic E-state index is 12.0. The second kappa shape index (κ2) is 12.5. The Morgan fingerprint density at radius 1 is 1.17 bits per heavy atom. The third kappa shape index (κ3) is 10.6. The molecule has 1 aliphatic rings. The molecular weight excluding hydrogens is 423 g/mol. The zero-order valence-electron chi connectivity index (χ0n) is 15.2. The lowest BCUT2D eigenvalue weighted by atomic mass is 10.1. The van der Waals surface area contributed by atoms with E-state index in [1.807, 2.05) is 20.8 Å². The number of likely N-dealkylation sites (tertiary alicyclic amines) is 1.